The number of hydrogen-bond acceptors (Lipinski definition) is 5. The maximum Gasteiger partial charge on any atom is 0.287 e. The highest BCUT2D eigenvalue weighted by Gasteiger charge is 2.53. The molecule has 0 saturated carbocycles. The molecule has 1 aliphatic rings. The number of halogens is 4. The van der Waals surface area contributed by atoms with Crippen LogP contribution in [0, 0.1) is 0 Å². The van der Waals surface area contributed by atoms with Crippen LogP contribution in [0.1, 0.15) is 25.8 Å². The molecule has 1 aromatic carbocycles. The van der Waals surface area contributed by atoms with Gasteiger partial charge in [-0.15, -0.1) is 0 Å². The van der Waals surface area contributed by atoms with Crippen molar-refractivity contribution >= 4 is 11.6 Å². The monoisotopic (exact) mass is 392 g/mol. The number of rotatable bonds is 8. The lowest BCUT2D eigenvalue weighted by molar-refractivity contribution is -0.191. The molecule has 27 heavy (non-hydrogen) atoms. The number of ether oxygens (including phenoxy) is 2. The van der Waals surface area contributed by atoms with E-state index in [-0.39, 0.29) is 5.01 Å². The Hall–Kier alpha value is -2.36. The van der Waals surface area contributed by atoms with E-state index >= 15 is 0 Å². The third-order valence-electron chi connectivity index (χ3n) is 3.84. The van der Waals surface area contributed by atoms with Crippen LogP contribution in [0.25, 0.3) is 0 Å². The Bertz CT molecular complexity index is 714. The minimum atomic E-state index is -3.46. The number of amides is 1. The molecule has 0 fully saturated rings. The summed E-state index contributed by atoms with van der Waals surface area (Å²) < 4.78 is 62.9. The van der Waals surface area contributed by atoms with Crippen LogP contribution >= 0.6 is 0 Å². The lowest BCUT2D eigenvalue weighted by Crippen LogP contribution is -2.52. The summed E-state index contributed by atoms with van der Waals surface area (Å²) in [6.07, 6.45) is -8.16. The zero-order chi connectivity index (χ0) is 20.2. The van der Waals surface area contributed by atoms with Gasteiger partial charge in [-0.25, -0.2) is 17.6 Å². The molecule has 1 amide bonds. The molecule has 0 saturated heterocycles. The van der Waals surface area contributed by atoms with Crippen molar-refractivity contribution in [3.63, 3.8) is 0 Å². The first kappa shape index (κ1) is 20.9. The maximum atomic E-state index is 13.2. The average molecular weight is 392 g/mol. The summed E-state index contributed by atoms with van der Waals surface area (Å²) in [4.78, 5) is 12.4. The minimum absolute atomic E-state index is 0.0516. The van der Waals surface area contributed by atoms with Crippen molar-refractivity contribution in [2.75, 3.05) is 13.2 Å². The second-order valence-electron chi connectivity index (χ2n) is 5.78. The van der Waals surface area contributed by atoms with Gasteiger partial charge >= 0.3 is 0 Å². The van der Waals surface area contributed by atoms with E-state index < -0.39 is 43.0 Å². The largest absolute Gasteiger partial charge is 0.490 e. The fourth-order valence-electron chi connectivity index (χ4n) is 2.61. The van der Waals surface area contributed by atoms with Gasteiger partial charge in [0.1, 0.15) is 5.71 Å². The predicted molar refractivity (Wildman–Crippen MR) is 88.3 cm³/mol. The van der Waals surface area contributed by atoms with E-state index in [1.807, 2.05) is 0 Å². The van der Waals surface area contributed by atoms with E-state index in [0.717, 1.165) is 0 Å². The van der Waals surface area contributed by atoms with Crippen molar-refractivity contribution < 1.29 is 36.9 Å². The van der Waals surface area contributed by atoms with Crippen molar-refractivity contribution in [2.45, 2.75) is 45.3 Å². The summed E-state index contributed by atoms with van der Waals surface area (Å²) in [5.41, 5.74) is -3.69. The fraction of sp³-hybridized carbons (Fsp3) is 0.529. The number of hydrazone groups is 1. The summed E-state index contributed by atoms with van der Waals surface area (Å²) in [5, 5.41) is 13.3. The van der Waals surface area contributed by atoms with E-state index in [1.54, 1.807) is 19.9 Å². The highest BCUT2D eigenvalue weighted by molar-refractivity contribution is 5.93. The van der Waals surface area contributed by atoms with Crippen LogP contribution in [0.3, 0.4) is 0 Å². The normalized spacial score (nSPS) is 19.6. The van der Waals surface area contributed by atoms with Crippen LogP contribution in [0.4, 0.5) is 17.6 Å². The highest BCUT2D eigenvalue weighted by atomic mass is 19.3. The molecule has 1 aliphatic heterocycles. The van der Waals surface area contributed by atoms with Crippen molar-refractivity contribution in [1.29, 1.82) is 0 Å². The Morgan fingerprint density at radius 3 is 2.41 bits per heavy atom. The van der Waals surface area contributed by atoms with Gasteiger partial charge in [-0.2, -0.15) is 10.1 Å². The molecule has 0 aromatic heterocycles. The van der Waals surface area contributed by atoms with E-state index in [9.17, 15) is 27.5 Å². The molecule has 10 heteroatoms. The number of alkyl halides is 4. The second kappa shape index (κ2) is 8.55. The lowest BCUT2D eigenvalue weighted by Gasteiger charge is -2.30. The summed E-state index contributed by atoms with van der Waals surface area (Å²) in [6, 6.07) is 4.55. The molecule has 0 radical (unpaired) electrons. The van der Waals surface area contributed by atoms with Crippen LogP contribution in [0.2, 0.25) is 0 Å². The molecule has 1 atom stereocenters. The Morgan fingerprint density at radius 2 is 1.85 bits per heavy atom. The molecule has 1 heterocycles. The van der Waals surface area contributed by atoms with Gasteiger partial charge in [0.05, 0.1) is 19.6 Å². The summed E-state index contributed by atoms with van der Waals surface area (Å²) in [6.45, 7) is 4.25. The molecular weight excluding hydrogens is 372 g/mol. The summed E-state index contributed by atoms with van der Waals surface area (Å²) >= 11 is 0. The van der Waals surface area contributed by atoms with Crippen molar-refractivity contribution in [1.82, 2.24) is 5.01 Å². The van der Waals surface area contributed by atoms with E-state index in [4.69, 9.17) is 9.47 Å². The zero-order valence-corrected chi connectivity index (χ0v) is 14.8. The molecule has 2 rings (SSSR count). The highest BCUT2D eigenvalue weighted by Crippen LogP contribution is 2.34. The number of carbonyl (C=O) groups excluding carboxylic acids is 1. The minimum Gasteiger partial charge on any atom is -0.490 e. The van der Waals surface area contributed by atoms with Crippen LogP contribution in [-0.4, -0.2) is 53.5 Å². The number of benzene rings is 1. The lowest BCUT2D eigenvalue weighted by atomic mass is 10.1. The number of hydrogen-bond donors (Lipinski definition) is 1. The fourth-order valence-corrected chi connectivity index (χ4v) is 2.61. The molecule has 1 aromatic rings. The van der Waals surface area contributed by atoms with Gasteiger partial charge in [0, 0.05) is 6.42 Å². The van der Waals surface area contributed by atoms with Gasteiger partial charge < -0.3 is 14.6 Å². The standard InChI is InChI=1S/C17H20F4N2O4/c1-3-26-12-6-5-10(7-13(12)27-4-2)8-14(24)23-17(25,16(20)21)9-11(22-23)15(18)19/h5-7,15-16,25H,3-4,8-9H2,1-2H3/t17-/m1/s1. The smallest absolute Gasteiger partial charge is 0.287 e. The Labute approximate surface area is 153 Å². The first-order valence-corrected chi connectivity index (χ1v) is 8.30. The van der Waals surface area contributed by atoms with Gasteiger partial charge in [-0.3, -0.25) is 4.79 Å². The zero-order valence-electron chi connectivity index (χ0n) is 14.8. The summed E-state index contributed by atoms with van der Waals surface area (Å²) in [5.74, 6) is -0.245. The van der Waals surface area contributed by atoms with Crippen LogP contribution in [0.15, 0.2) is 23.3 Å². The SMILES string of the molecule is CCOc1ccc(CC(=O)N2N=C(C(F)F)C[C@@]2(O)C(F)F)cc1OCC. The van der Waals surface area contributed by atoms with Gasteiger partial charge in [0.2, 0.25) is 11.6 Å². The van der Waals surface area contributed by atoms with Crippen molar-refractivity contribution in [3.8, 4) is 11.5 Å². The maximum absolute atomic E-state index is 13.2. The van der Waals surface area contributed by atoms with E-state index in [0.29, 0.717) is 30.3 Å². The van der Waals surface area contributed by atoms with Crippen LogP contribution in [-0.2, 0) is 11.2 Å². The number of aliphatic hydroxyl groups is 1. The third-order valence-corrected chi connectivity index (χ3v) is 3.84. The topological polar surface area (TPSA) is 71.4 Å². The Morgan fingerprint density at radius 1 is 1.22 bits per heavy atom. The molecule has 0 unspecified atom stereocenters. The third kappa shape index (κ3) is 4.49. The average Bonchev–Trinajstić information content (AvgIpc) is 2.97. The Balaban J connectivity index is 2.25. The van der Waals surface area contributed by atoms with Crippen LogP contribution < -0.4 is 9.47 Å². The van der Waals surface area contributed by atoms with Gasteiger partial charge in [-0.05, 0) is 31.5 Å². The van der Waals surface area contributed by atoms with E-state index in [1.165, 1.54) is 12.1 Å². The molecule has 1 N–H and O–H groups in total. The predicted octanol–water partition coefficient (Wildman–Crippen LogP) is 2.83. The second-order valence-corrected chi connectivity index (χ2v) is 5.78. The van der Waals surface area contributed by atoms with Gasteiger partial charge in [0.25, 0.3) is 12.9 Å². The number of nitrogens with zero attached hydrogens (tertiary/aromatic N) is 2. The molecule has 0 spiro atoms. The van der Waals surface area contributed by atoms with Gasteiger partial charge in [0.15, 0.2) is 11.5 Å². The molecule has 0 aliphatic carbocycles. The molecule has 150 valence electrons. The first-order valence-electron chi connectivity index (χ1n) is 8.30. The van der Waals surface area contributed by atoms with E-state index in [2.05, 4.69) is 5.10 Å². The van der Waals surface area contributed by atoms with Crippen molar-refractivity contribution in [3.05, 3.63) is 23.8 Å². The molecule has 0 bridgehead atoms. The van der Waals surface area contributed by atoms with Gasteiger partial charge in [-0.1, -0.05) is 6.07 Å². The van der Waals surface area contributed by atoms with Crippen molar-refractivity contribution in [2.24, 2.45) is 5.10 Å². The molecular formula is C17H20F4N2O4. The number of carbonyl (C=O) groups is 1. The quantitative estimate of drug-likeness (QED) is 0.691. The summed E-state index contributed by atoms with van der Waals surface area (Å²) in [7, 11) is 0. The Kier molecular flexibility index (Phi) is 6.63. The van der Waals surface area contributed by atoms with Crippen LogP contribution in [0.5, 0.6) is 11.5 Å². The molecule has 6 nitrogen and oxygen atoms in total. The first-order chi connectivity index (χ1) is 12.7.